The Labute approximate surface area is 459 Å². The van der Waals surface area contributed by atoms with Gasteiger partial charge in [-0.15, -0.1) is 0 Å². The lowest BCUT2D eigenvalue weighted by atomic mass is 10.1. The fourth-order valence-corrected chi connectivity index (χ4v) is 7.09. The largest absolute Gasteiger partial charge is 0.462 e. The average molecular weight is 1030 g/mol. The molecule has 0 fully saturated rings. The number of hydrogen-bond donors (Lipinski definition) is 0. The molecule has 0 rings (SSSR count). The standard InChI is InChI=1S/C69H104O6/c1-4-7-10-13-16-18-20-22-24-26-28-30-31-32-33-34-35-36-37-39-40-42-44-46-48-50-53-56-59-62-68(71)74-65-66(64-73-67(70)61-58-55-52-15-12-9-6-3)75-69(72)63-60-57-54-51-49-47-45-43-41-38-29-27-25-23-21-19-17-14-11-8-5-2/h7-8,10-11,16-19,22-25,28-30,32-33,35-36,38-40,43-46,49-51,53,66H,4-6,9,12-15,20-21,26-27,31,34,37,41-42,47-48,52,54-65H2,1-3H3/b10-7-,11-8-,18-16-,19-17-,24-22-,25-23-,30-28-,33-32-,36-35-,38-29-,40-39-,45-43-,46-44-,51-49-,53-50-. The van der Waals surface area contributed by atoms with Crippen LogP contribution in [-0.2, 0) is 28.6 Å². The van der Waals surface area contributed by atoms with Crippen molar-refractivity contribution in [3.05, 3.63) is 182 Å². The van der Waals surface area contributed by atoms with Crippen LogP contribution in [-0.4, -0.2) is 37.2 Å². The Balaban J connectivity index is 4.42. The minimum absolute atomic E-state index is 0.123. The van der Waals surface area contributed by atoms with Crippen LogP contribution in [0.1, 0.15) is 213 Å². The third-order valence-electron chi connectivity index (χ3n) is 11.4. The van der Waals surface area contributed by atoms with Gasteiger partial charge in [-0.2, -0.15) is 0 Å². The van der Waals surface area contributed by atoms with Crippen molar-refractivity contribution in [2.45, 2.75) is 219 Å². The molecule has 0 saturated carbocycles. The summed E-state index contributed by atoms with van der Waals surface area (Å²) in [6, 6.07) is 0. The van der Waals surface area contributed by atoms with Crippen LogP contribution in [0.4, 0.5) is 0 Å². The first-order valence-corrected chi connectivity index (χ1v) is 29.3. The van der Waals surface area contributed by atoms with Crippen LogP contribution in [0, 0.1) is 0 Å². The van der Waals surface area contributed by atoms with Crippen molar-refractivity contribution >= 4 is 17.9 Å². The number of esters is 3. The van der Waals surface area contributed by atoms with Gasteiger partial charge in [0.25, 0.3) is 0 Å². The van der Waals surface area contributed by atoms with Crippen molar-refractivity contribution in [2.75, 3.05) is 13.2 Å². The van der Waals surface area contributed by atoms with Gasteiger partial charge in [0, 0.05) is 19.3 Å². The molecule has 0 aromatic carbocycles. The molecule has 0 amide bonds. The second kappa shape index (κ2) is 61.1. The predicted molar refractivity (Wildman–Crippen MR) is 324 cm³/mol. The molecule has 0 aliphatic carbocycles. The van der Waals surface area contributed by atoms with Crippen molar-refractivity contribution in [3.63, 3.8) is 0 Å². The van der Waals surface area contributed by atoms with Gasteiger partial charge in [-0.05, 0) is 135 Å². The maximum absolute atomic E-state index is 12.8. The third kappa shape index (κ3) is 59.3. The number of rotatable bonds is 50. The van der Waals surface area contributed by atoms with Crippen LogP contribution in [0.2, 0.25) is 0 Å². The second-order valence-corrected chi connectivity index (χ2v) is 18.4. The zero-order valence-electron chi connectivity index (χ0n) is 47.5. The average Bonchev–Trinajstić information content (AvgIpc) is 3.41. The first kappa shape index (κ1) is 69.5. The van der Waals surface area contributed by atoms with Crippen molar-refractivity contribution in [3.8, 4) is 0 Å². The lowest BCUT2D eigenvalue weighted by Crippen LogP contribution is -2.30. The van der Waals surface area contributed by atoms with E-state index in [1.54, 1.807) is 0 Å². The van der Waals surface area contributed by atoms with Gasteiger partial charge in [-0.3, -0.25) is 14.4 Å². The Bertz CT molecular complexity index is 1800. The van der Waals surface area contributed by atoms with Gasteiger partial charge in [0.2, 0.25) is 0 Å². The molecule has 0 aromatic rings. The quantitative estimate of drug-likeness (QED) is 0.0261. The molecule has 0 bridgehead atoms. The summed E-state index contributed by atoms with van der Waals surface area (Å²) in [4.78, 5) is 37.9. The van der Waals surface area contributed by atoms with Crippen molar-refractivity contribution in [1.29, 1.82) is 0 Å². The Morgan fingerprint density at radius 1 is 0.280 bits per heavy atom. The molecular weight excluding hydrogens is 925 g/mol. The van der Waals surface area contributed by atoms with Gasteiger partial charge in [-0.25, -0.2) is 0 Å². The summed E-state index contributed by atoms with van der Waals surface area (Å²) in [7, 11) is 0. The van der Waals surface area contributed by atoms with Crippen LogP contribution in [0.5, 0.6) is 0 Å². The molecule has 1 unspecified atom stereocenters. The number of unbranched alkanes of at least 4 members (excludes halogenated alkanes) is 9. The maximum Gasteiger partial charge on any atom is 0.306 e. The smallest absolute Gasteiger partial charge is 0.306 e. The van der Waals surface area contributed by atoms with Crippen LogP contribution >= 0.6 is 0 Å². The van der Waals surface area contributed by atoms with Gasteiger partial charge < -0.3 is 14.2 Å². The molecule has 0 radical (unpaired) electrons. The van der Waals surface area contributed by atoms with Crippen molar-refractivity contribution in [2.24, 2.45) is 0 Å². The number of ether oxygens (including phenoxy) is 3. The molecule has 0 saturated heterocycles. The Morgan fingerprint density at radius 2 is 0.533 bits per heavy atom. The van der Waals surface area contributed by atoms with E-state index in [1.165, 1.54) is 25.7 Å². The SMILES string of the molecule is CC/C=C\C/C=C\C/C=C\C/C=C\C/C=C\C/C=C\C/C=C\C/C=C\C/C=C\CCCC(=O)OCC(COC(=O)CCCCCCCCC)OC(=O)CCCC/C=C\C/C=C\C/C=C\C/C=C\C/C=C\C/C=C\CC. The lowest BCUT2D eigenvalue weighted by molar-refractivity contribution is -0.167. The van der Waals surface area contributed by atoms with E-state index in [1.807, 2.05) is 0 Å². The highest BCUT2D eigenvalue weighted by Gasteiger charge is 2.19. The summed E-state index contributed by atoms with van der Waals surface area (Å²) in [5, 5.41) is 0. The maximum atomic E-state index is 12.8. The fraction of sp³-hybridized carbons (Fsp3) is 0.522. The summed E-state index contributed by atoms with van der Waals surface area (Å²) in [5.41, 5.74) is 0. The molecule has 0 aromatic heterocycles. The van der Waals surface area contributed by atoms with Crippen molar-refractivity contribution < 1.29 is 28.6 Å². The zero-order chi connectivity index (χ0) is 54.3. The first-order valence-electron chi connectivity index (χ1n) is 29.3. The molecule has 75 heavy (non-hydrogen) atoms. The van der Waals surface area contributed by atoms with E-state index in [-0.39, 0.29) is 44.0 Å². The van der Waals surface area contributed by atoms with Gasteiger partial charge in [0.05, 0.1) is 0 Å². The highest BCUT2D eigenvalue weighted by molar-refractivity contribution is 5.71. The number of carbonyl (C=O) groups excluding carboxylic acids is 3. The highest BCUT2D eigenvalue weighted by Crippen LogP contribution is 2.11. The molecule has 6 heteroatoms. The van der Waals surface area contributed by atoms with Gasteiger partial charge in [-0.1, -0.05) is 242 Å². The summed E-state index contributed by atoms with van der Waals surface area (Å²) in [6.07, 6.45) is 92.0. The molecule has 1 atom stereocenters. The van der Waals surface area contributed by atoms with Crippen LogP contribution in [0.15, 0.2) is 182 Å². The minimum atomic E-state index is -0.832. The number of allylic oxidation sites excluding steroid dienone is 30. The van der Waals surface area contributed by atoms with Crippen LogP contribution in [0.3, 0.4) is 0 Å². The topological polar surface area (TPSA) is 78.9 Å². The van der Waals surface area contributed by atoms with E-state index in [4.69, 9.17) is 14.2 Å². The van der Waals surface area contributed by atoms with E-state index in [2.05, 4.69) is 203 Å². The van der Waals surface area contributed by atoms with Gasteiger partial charge >= 0.3 is 17.9 Å². The first-order chi connectivity index (χ1) is 37.0. The Hall–Kier alpha value is -5.49. The molecule has 0 N–H and O–H groups in total. The molecular formula is C69H104O6. The monoisotopic (exact) mass is 1030 g/mol. The predicted octanol–water partition coefficient (Wildman–Crippen LogP) is 20.1. The summed E-state index contributed by atoms with van der Waals surface area (Å²) < 4.78 is 16.7. The summed E-state index contributed by atoms with van der Waals surface area (Å²) in [5.74, 6) is -1.05. The molecule has 6 nitrogen and oxygen atoms in total. The summed E-state index contributed by atoms with van der Waals surface area (Å²) in [6.45, 7) is 6.25. The summed E-state index contributed by atoms with van der Waals surface area (Å²) >= 11 is 0. The molecule has 416 valence electrons. The number of hydrogen-bond acceptors (Lipinski definition) is 6. The Kier molecular flexibility index (Phi) is 56.6. The zero-order valence-corrected chi connectivity index (χ0v) is 47.5. The van der Waals surface area contributed by atoms with E-state index < -0.39 is 6.10 Å². The van der Waals surface area contributed by atoms with Crippen LogP contribution in [0.25, 0.3) is 0 Å². The number of carbonyl (C=O) groups is 3. The fourth-order valence-electron chi connectivity index (χ4n) is 7.09. The van der Waals surface area contributed by atoms with Gasteiger partial charge in [0.1, 0.15) is 13.2 Å². The van der Waals surface area contributed by atoms with E-state index in [0.29, 0.717) is 19.3 Å². The molecule has 0 aliphatic rings. The molecule has 0 aliphatic heterocycles. The third-order valence-corrected chi connectivity index (χ3v) is 11.4. The van der Waals surface area contributed by atoms with E-state index in [9.17, 15) is 14.4 Å². The lowest BCUT2D eigenvalue weighted by Gasteiger charge is -2.18. The normalized spacial score (nSPS) is 13.5. The minimum Gasteiger partial charge on any atom is -0.462 e. The van der Waals surface area contributed by atoms with E-state index >= 15 is 0 Å². The molecule has 0 heterocycles. The van der Waals surface area contributed by atoms with Gasteiger partial charge in [0.15, 0.2) is 6.10 Å². The van der Waals surface area contributed by atoms with Crippen molar-refractivity contribution in [1.82, 2.24) is 0 Å². The van der Waals surface area contributed by atoms with E-state index in [0.717, 1.165) is 135 Å². The Morgan fingerprint density at radius 3 is 0.867 bits per heavy atom. The highest BCUT2D eigenvalue weighted by atomic mass is 16.6. The molecule has 0 spiro atoms. The van der Waals surface area contributed by atoms with Crippen LogP contribution < -0.4 is 0 Å². The second-order valence-electron chi connectivity index (χ2n) is 18.4.